The molecule has 2 aromatic carbocycles. The van der Waals surface area contributed by atoms with Gasteiger partial charge in [0.2, 0.25) is 5.91 Å². The van der Waals surface area contributed by atoms with Crippen LogP contribution in [0.4, 0.5) is 5.69 Å². The van der Waals surface area contributed by atoms with Gasteiger partial charge in [0.1, 0.15) is 0 Å². The molecule has 0 fully saturated rings. The minimum atomic E-state index is -0.424. The molecule has 0 spiro atoms. The van der Waals surface area contributed by atoms with E-state index in [1.807, 2.05) is 24.3 Å². The van der Waals surface area contributed by atoms with Crippen LogP contribution in [0.15, 0.2) is 46.9 Å². The van der Waals surface area contributed by atoms with Gasteiger partial charge >= 0.3 is 0 Å². The maximum absolute atomic E-state index is 11.3. The molecule has 0 unspecified atom stereocenters. The Bertz CT molecular complexity index is 616. The first-order valence-electron chi connectivity index (χ1n) is 5.64. The van der Waals surface area contributed by atoms with Crippen molar-refractivity contribution in [2.45, 2.75) is 6.54 Å². The Morgan fingerprint density at radius 3 is 2.68 bits per heavy atom. The van der Waals surface area contributed by atoms with Crippen LogP contribution >= 0.6 is 27.5 Å². The summed E-state index contributed by atoms with van der Waals surface area (Å²) < 4.78 is 0.872. The third kappa shape index (κ3) is 3.49. The fourth-order valence-corrected chi connectivity index (χ4v) is 2.56. The van der Waals surface area contributed by atoms with Gasteiger partial charge in [0.05, 0.1) is 0 Å². The Kier molecular flexibility index (Phi) is 4.45. The number of amides is 1. The molecule has 0 aliphatic carbocycles. The van der Waals surface area contributed by atoms with Gasteiger partial charge < -0.3 is 11.1 Å². The van der Waals surface area contributed by atoms with Crippen LogP contribution in [0.2, 0.25) is 5.02 Å². The zero-order chi connectivity index (χ0) is 13.8. The second kappa shape index (κ2) is 6.08. The Morgan fingerprint density at radius 1 is 1.26 bits per heavy atom. The molecule has 0 aliphatic heterocycles. The van der Waals surface area contributed by atoms with Crippen molar-refractivity contribution in [2.75, 3.05) is 5.32 Å². The monoisotopic (exact) mass is 338 g/mol. The lowest BCUT2D eigenvalue weighted by atomic mass is 10.1. The molecule has 0 atom stereocenters. The van der Waals surface area contributed by atoms with E-state index in [4.69, 9.17) is 17.3 Å². The van der Waals surface area contributed by atoms with E-state index < -0.39 is 5.91 Å². The van der Waals surface area contributed by atoms with Crippen molar-refractivity contribution >= 4 is 39.1 Å². The summed E-state index contributed by atoms with van der Waals surface area (Å²) in [5, 5.41) is 3.90. The molecule has 5 heteroatoms. The lowest BCUT2D eigenvalue weighted by Crippen LogP contribution is -2.15. The van der Waals surface area contributed by atoms with E-state index in [-0.39, 0.29) is 0 Å². The van der Waals surface area contributed by atoms with E-state index in [9.17, 15) is 4.79 Å². The van der Waals surface area contributed by atoms with Crippen LogP contribution < -0.4 is 11.1 Å². The summed E-state index contributed by atoms with van der Waals surface area (Å²) in [6, 6.07) is 12.7. The average Bonchev–Trinajstić information content (AvgIpc) is 2.38. The highest BCUT2D eigenvalue weighted by molar-refractivity contribution is 9.10. The van der Waals surface area contributed by atoms with E-state index in [1.165, 1.54) is 0 Å². The van der Waals surface area contributed by atoms with Crippen LogP contribution in [-0.4, -0.2) is 5.91 Å². The SMILES string of the molecule is NC(=O)c1ccccc1CNc1ccc(Cl)cc1Br. The largest absolute Gasteiger partial charge is 0.380 e. The summed E-state index contributed by atoms with van der Waals surface area (Å²) >= 11 is 9.31. The summed E-state index contributed by atoms with van der Waals surface area (Å²) in [6.45, 7) is 0.513. The summed E-state index contributed by atoms with van der Waals surface area (Å²) in [5.41, 5.74) is 7.63. The van der Waals surface area contributed by atoms with Gasteiger partial charge in [0.25, 0.3) is 0 Å². The van der Waals surface area contributed by atoms with Gasteiger partial charge in [0.15, 0.2) is 0 Å². The van der Waals surface area contributed by atoms with Gasteiger partial charge in [0, 0.05) is 27.3 Å². The molecule has 2 rings (SSSR count). The van der Waals surface area contributed by atoms with E-state index in [0.717, 1.165) is 15.7 Å². The fourth-order valence-electron chi connectivity index (χ4n) is 1.74. The maximum Gasteiger partial charge on any atom is 0.249 e. The normalized spacial score (nSPS) is 10.2. The second-order valence-electron chi connectivity index (χ2n) is 4.00. The van der Waals surface area contributed by atoms with Crippen molar-refractivity contribution in [1.82, 2.24) is 0 Å². The van der Waals surface area contributed by atoms with Crippen molar-refractivity contribution in [3.63, 3.8) is 0 Å². The summed E-state index contributed by atoms with van der Waals surface area (Å²) in [6.07, 6.45) is 0. The van der Waals surface area contributed by atoms with Crippen molar-refractivity contribution in [3.05, 3.63) is 63.1 Å². The van der Waals surface area contributed by atoms with Gasteiger partial charge in [-0.15, -0.1) is 0 Å². The first kappa shape index (κ1) is 13.9. The number of rotatable bonds is 4. The number of primary amides is 1. The molecular formula is C14H12BrClN2O. The van der Waals surface area contributed by atoms with Crippen LogP contribution in [0.5, 0.6) is 0 Å². The molecular weight excluding hydrogens is 328 g/mol. The fraction of sp³-hybridized carbons (Fsp3) is 0.0714. The topological polar surface area (TPSA) is 55.1 Å². The molecule has 3 N–H and O–H groups in total. The molecule has 2 aromatic rings. The number of nitrogens with two attached hydrogens (primary N) is 1. The van der Waals surface area contributed by atoms with Crippen LogP contribution in [0.3, 0.4) is 0 Å². The molecule has 0 saturated carbocycles. The van der Waals surface area contributed by atoms with Crippen molar-refractivity contribution in [3.8, 4) is 0 Å². The third-order valence-electron chi connectivity index (χ3n) is 2.68. The van der Waals surface area contributed by atoms with Crippen molar-refractivity contribution in [1.29, 1.82) is 0 Å². The van der Waals surface area contributed by atoms with E-state index in [0.29, 0.717) is 17.1 Å². The number of benzene rings is 2. The van der Waals surface area contributed by atoms with Gasteiger partial charge in [-0.25, -0.2) is 0 Å². The summed E-state index contributed by atoms with van der Waals surface area (Å²) in [4.78, 5) is 11.3. The zero-order valence-corrected chi connectivity index (χ0v) is 12.3. The smallest absolute Gasteiger partial charge is 0.249 e. The summed E-state index contributed by atoms with van der Waals surface area (Å²) in [5.74, 6) is -0.424. The molecule has 0 saturated heterocycles. The lowest BCUT2D eigenvalue weighted by molar-refractivity contribution is 0.0999. The molecule has 3 nitrogen and oxygen atoms in total. The number of carbonyl (C=O) groups is 1. The molecule has 19 heavy (non-hydrogen) atoms. The first-order valence-corrected chi connectivity index (χ1v) is 6.81. The highest BCUT2D eigenvalue weighted by Gasteiger charge is 2.07. The Morgan fingerprint density at radius 2 is 2.00 bits per heavy atom. The quantitative estimate of drug-likeness (QED) is 0.890. The predicted molar refractivity (Wildman–Crippen MR) is 81.4 cm³/mol. The Labute approximate surface area is 124 Å². The summed E-state index contributed by atoms with van der Waals surface area (Å²) in [7, 11) is 0. The molecule has 0 bridgehead atoms. The second-order valence-corrected chi connectivity index (χ2v) is 5.29. The molecule has 98 valence electrons. The molecule has 0 aromatic heterocycles. The minimum Gasteiger partial charge on any atom is -0.380 e. The lowest BCUT2D eigenvalue weighted by Gasteiger charge is -2.11. The zero-order valence-electron chi connectivity index (χ0n) is 9.99. The van der Waals surface area contributed by atoms with E-state index >= 15 is 0 Å². The van der Waals surface area contributed by atoms with Crippen LogP contribution in [0.1, 0.15) is 15.9 Å². The number of anilines is 1. The van der Waals surface area contributed by atoms with Gasteiger partial charge in [-0.2, -0.15) is 0 Å². The minimum absolute atomic E-state index is 0.424. The van der Waals surface area contributed by atoms with Gasteiger partial charge in [-0.1, -0.05) is 29.8 Å². The maximum atomic E-state index is 11.3. The third-order valence-corrected chi connectivity index (χ3v) is 3.57. The number of halogens is 2. The highest BCUT2D eigenvalue weighted by atomic mass is 79.9. The predicted octanol–water partition coefficient (Wildman–Crippen LogP) is 3.81. The van der Waals surface area contributed by atoms with E-state index in [2.05, 4.69) is 21.2 Å². The highest BCUT2D eigenvalue weighted by Crippen LogP contribution is 2.26. The first-order chi connectivity index (χ1) is 9.08. The Balaban J connectivity index is 2.17. The van der Waals surface area contributed by atoms with Crippen molar-refractivity contribution in [2.24, 2.45) is 5.73 Å². The number of carbonyl (C=O) groups excluding carboxylic acids is 1. The molecule has 1 amide bonds. The molecule has 0 heterocycles. The van der Waals surface area contributed by atoms with Crippen LogP contribution in [0, 0.1) is 0 Å². The molecule has 0 radical (unpaired) electrons. The van der Waals surface area contributed by atoms with E-state index in [1.54, 1.807) is 18.2 Å². The number of hydrogen-bond donors (Lipinski definition) is 2. The Hall–Kier alpha value is -1.52. The number of nitrogens with one attached hydrogen (secondary N) is 1. The van der Waals surface area contributed by atoms with Crippen molar-refractivity contribution < 1.29 is 4.79 Å². The van der Waals surface area contributed by atoms with Gasteiger partial charge in [-0.05, 0) is 45.8 Å². The average molecular weight is 340 g/mol. The van der Waals surface area contributed by atoms with Gasteiger partial charge in [-0.3, -0.25) is 4.79 Å². The number of hydrogen-bond acceptors (Lipinski definition) is 2. The van der Waals surface area contributed by atoms with Crippen LogP contribution in [0.25, 0.3) is 0 Å². The standard InChI is InChI=1S/C14H12BrClN2O/c15-12-7-10(16)5-6-13(12)18-8-9-3-1-2-4-11(9)14(17)19/h1-7,18H,8H2,(H2,17,19). The van der Waals surface area contributed by atoms with Crippen LogP contribution in [-0.2, 0) is 6.54 Å². The molecule has 0 aliphatic rings.